The molecule has 0 spiro atoms. The third-order valence-corrected chi connectivity index (χ3v) is 4.90. The molecule has 0 aromatic heterocycles. The van der Waals surface area contributed by atoms with Crippen LogP contribution in [0.25, 0.3) is 6.08 Å². The fraction of sp³-hybridized carbons (Fsp3) is 0.273. The van der Waals surface area contributed by atoms with Gasteiger partial charge < -0.3 is 15.0 Å². The van der Waals surface area contributed by atoms with Crippen molar-refractivity contribution in [1.82, 2.24) is 5.32 Å². The average Bonchev–Trinajstić information content (AvgIpc) is 2.98. The van der Waals surface area contributed by atoms with E-state index in [1.807, 2.05) is 49.4 Å². The van der Waals surface area contributed by atoms with Crippen molar-refractivity contribution in [2.45, 2.75) is 20.8 Å². The van der Waals surface area contributed by atoms with Gasteiger partial charge in [-0.3, -0.25) is 9.69 Å². The molecule has 2 aromatic carbocycles. The van der Waals surface area contributed by atoms with Crippen LogP contribution < -0.4 is 19.9 Å². The maximum Gasteiger partial charge on any atom is 0.281 e. The van der Waals surface area contributed by atoms with Crippen LogP contribution in [-0.4, -0.2) is 30.7 Å². The van der Waals surface area contributed by atoms with Gasteiger partial charge in [0.15, 0.2) is 5.11 Å². The highest BCUT2D eigenvalue weighted by molar-refractivity contribution is 7.80. The molecule has 1 aliphatic rings. The summed E-state index contributed by atoms with van der Waals surface area (Å²) < 4.78 is 5.45. The highest BCUT2D eigenvalue weighted by Crippen LogP contribution is 2.25. The summed E-state index contributed by atoms with van der Waals surface area (Å²) >= 11 is 5.38. The number of nitrogens with zero attached hydrogens (tertiary/aromatic N) is 2. The molecule has 0 unspecified atom stereocenters. The summed E-state index contributed by atoms with van der Waals surface area (Å²) in [4.78, 5) is 16.6. The zero-order valence-corrected chi connectivity index (χ0v) is 17.3. The van der Waals surface area contributed by atoms with E-state index in [1.165, 1.54) is 10.6 Å². The lowest BCUT2D eigenvalue weighted by molar-refractivity contribution is -0.113. The topological polar surface area (TPSA) is 44.8 Å². The van der Waals surface area contributed by atoms with Gasteiger partial charge in [-0.15, -0.1) is 0 Å². The molecular weight excluding hydrogens is 370 g/mol. The second-order valence-corrected chi connectivity index (χ2v) is 6.71. The molecule has 0 radical (unpaired) electrons. The van der Waals surface area contributed by atoms with Crippen LogP contribution in [0.1, 0.15) is 26.3 Å². The van der Waals surface area contributed by atoms with E-state index >= 15 is 0 Å². The monoisotopic (exact) mass is 395 g/mol. The van der Waals surface area contributed by atoms with Crippen molar-refractivity contribution < 1.29 is 9.53 Å². The Morgan fingerprint density at radius 3 is 2.25 bits per heavy atom. The fourth-order valence-corrected chi connectivity index (χ4v) is 3.46. The molecule has 1 N–H and O–H groups in total. The molecule has 3 rings (SSSR count). The molecule has 1 saturated heterocycles. The number of hydrogen-bond acceptors (Lipinski definition) is 4. The summed E-state index contributed by atoms with van der Waals surface area (Å²) in [5.74, 6) is 0.600. The van der Waals surface area contributed by atoms with Gasteiger partial charge in [0.25, 0.3) is 5.91 Å². The fourth-order valence-electron chi connectivity index (χ4n) is 3.16. The second-order valence-electron chi connectivity index (χ2n) is 6.32. The minimum atomic E-state index is -0.165. The predicted octanol–water partition coefficient (Wildman–Crippen LogP) is 4.19. The van der Waals surface area contributed by atoms with Crippen molar-refractivity contribution in [2.75, 3.05) is 29.5 Å². The van der Waals surface area contributed by atoms with Gasteiger partial charge in [0.2, 0.25) is 0 Å². The van der Waals surface area contributed by atoms with Crippen LogP contribution in [-0.2, 0) is 4.79 Å². The van der Waals surface area contributed by atoms with E-state index < -0.39 is 0 Å². The maximum absolute atomic E-state index is 12.9. The van der Waals surface area contributed by atoms with E-state index in [4.69, 9.17) is 17.0 Å². The van der Waals surface area contributed by atoms with Gasteiger partial charge in [-0.05, 0) is 81.0 Å². The minimum Gasteiger partial charge on any atom is -0.494 e. The van der Waals surface area contributed by atoms with Crippen LogP contribution >= 0.6 is 12.2 Å². The first-order valence-corrected chi connectivity index (χ1v) is 9.93. The number of carbonyl (C=O) groups is 1. The van der Waals surface area contributed by atoms with Crippen LogP contribution in [0.4, 0.5) is 11.4 Å². The van der Waals surface area contributed by atoms with Crippen molar-refractivity contribution in [3.63, 3.8) is 0 Å². The molecule has 28 heavy (non-hydrogen) atoms. The predicted molar refractivity (Wildman–Crippen MR) is 119 cm³/mol. The third-order valence-electron chi connectivity index (χ3n) is 4.62. The Balaban J connectivity index is 1.79. The molecule has 0 aliphatic carbocycles. The second kappa shape index (κ2) is 8.89. The quantitative estimate of drug-likeness (QED) is 0.562. The van der Waals surface area contributed by atoms with Gasteiger partial charge in [-0.25, -0.2) is 0 Å². The van der Waals surface area contributed by atoms with Crippen molar-refractivity contribution >= 4 is 40.7 Å². The van der Waals surface area contributed by atoms with Crippen molar-refractivity contribution in [3.8, 4) is 5.75 Å². The summed E-state index contributed by atoms with van der Waals surface area (Å²) in [6.45, 7) is 8.73. The van der Waals surface area contributed by atoms with Crippen LogP contribution in [0.15, 0.2) is 54.2 Å². The van der Waals surface area contributed by atoms with Crippen LogP contribution in [0.2, 0.25) is 0 Å². The molecule has 1 amide bonds. The number of amides is 1. The first-order valence-electron chi connectivity index (χ1n) is 9.52. The van der Waals surface area contributed by atoms with Crippen LogP contribution in [0, 0.1) is 0 Å². The molecule has 146 valence electrons. The number of rotatable bonds is 7. The Hall–Kier alpha value is -2.86. The molecule has 2 aromatic rings. The summed E-state index contributed by atoms with van der Waals surface area (Å²) in [5.41, 5.74) is 3.30. The number of carbonyl (C=O) groups excluding carboxylic acids is 1. The number of benzene rings is 2. The zero-order valence-electron chi connectivity index (χ0n) is 16.4. The van der Waals surface area contributed by atoms with E-state index in [9.17, 15) is 4.79 Å². The Kier molecular flexibility index (Phi) is 6.31. The molecule has 5 nitrogen and oxygen atoms in total. The van der Waals surface area contributed by atoms with Crippen molar-refractivity contribution in [1.29, 1.82) is 0 Å². The summed E-state index contributed by atoms with van der Waals surface area (Å²) in [6, 6.07) is 15.5. The lowest BCUT2D eigenvalue weighted by Gasteiger charge is -2.20. The van der Waals surface area contributed by atoms with Gasteiger partial charge in [-0.1, -0.05) is 12.1 Å². The van der Waals surface area contributed by atoms with Gasteiger partial charge >= 0.3 is 0 Å². The molecule has 0 saturated carbocycles. The van der Waals surface area contributed by atoms with E-state index in [0.717, 1.165) is 24.4 Å². The summed E-state index contributed by atoms with van der Waals surface area (Å²) in [5, 5.41) is 3.40. The van der Waals surface area contributed by atoms with Gasteiger partial charge in [0.1, 0.15) is 11.4 Å². The standard InChI is InChI=1S/C22H25N3O2S/c1-4-24(5-2)17-9-7-16(8-10-17)15-20-21(26)25(22(28)23-20)18-11-13-19(14-12-18)27-6-3/h7-15H,4-6H2,1-3H3,(H,23,28)/b20-15-. The highest BCUT2D eigenvalue weighted by atomic mass is 32.1. The first-order chi connectivity index (χ1) is 13.6. The Morgan fingerprint density at radius 2 is 1.68 bits per heavy atom. The smallest absolute Gasteiger partial charge is 0.281 e. The van der Waals surface area contributed by atoms with Gasteiger partial charge in [-0.2, -0.15) is 0 Å². The molecule has 0 bridgehead atoms. The van der Waals surface area contributed by atoms with Crippen molar-refractivity contribution in [3.05, 3.63) is 59.8 Å². The first kappa shape index (κ1) is 19.9. The number of anilines is 2. The number of ether oxygens (including phenoxy) is 1. The third kappa shape index (κ3) is 4.17. The van der Waals surface area contributed by atoms with Crippen molar-refractivity contribution in [2.24, 2.45) is 0 Å². The molecule has 6 heteroatoms. The number of nitrogens with one attached hydrogen (secondary N) is 1. The van der Waals surface area contributed by atoms with E-state index in [0.29, 0.717) is 23.1 Å². The zero-order chi connectivity index (χ0) is 20.1. The normalized spacial score (nSPS) is 15.1. The number of hydrogen-bond donors (Lipinski definition) is 1. The maximum atomic E-state index is 12.9. The molecule has 0 atom stereocenters. The Morgan fingerprint density at radius 1 is 1.04 bits per heavy atom. The SMILES string of the molecule is CCOc1ccc(N2C(=O)/C(=C/c3ccc(N(CC)CC)cc3)NC2=S)cc1. The lowest BCUT2D eigenvalue weighted by Crippen LogP contribution is -2.30. The van der Waals surface area contributed by atoms with E-state index in [1.54, 1.807) is 0 Å². The summed E-state index contributed by atoms with van der Waals surface area (Å²) in [7, 11) is 0. The van der Waals surface area contributed by atoms with Gasteiger partial charge in [0.05, 0.1) is 12.3 Å². The van der Waals surface area contributed by atoms with E-state index in [2.05, 4.69) is 36.2 Å². The molecular formula is C22H25N3O2S. The molecule has 1 heterocycles. The molecule has 1 aliphatic heterocycles. The van der Waals surface area contributed by atoms with Crippen LogP contribution in [0.5, 0.6) is 5.75 Å². The highest BCUT2D eigenvalue weighted by Gasteiger charge is 2.31. The average molecular weight is 396 g/mol. The van der Waals surface area contributed by atoms with Crippen LogP contribution in [0.3, 0.4) is 0 Å². The summed E-state index contributed by atoms with van der Waals surface area (Å²) in [6.07, 6.45) is 1.83. The minimum absolute atomic E-state index is 0.165. The molecule has 1 fully saturated rings. The largest absolute Gasteiger partial charge is 0.494 e. The lowest BCUT2D eigenvalue weighted by atomic mass is 10.1. The van der Waals surface area contributed by atoms with E-state index in [-0.39, 0.29) is 5.91 Å². The van der Waals surface area contributed by atoms with Gasteiger partial charge in [0, 0.05) is 18.8 Å². The Bertz CT molecular complexity index is 872. The Labute approximate surface area is 171 Å². The number of thiocarbonyl (C=S) groups is 1.